The van der Waals surface area contributed by atoms with Gasteiger partial charge in [-0.05, 0) is 68.8 Å². The summed E-state index contributed by atoms with van der Waals surface area (Å²) in [4.78, 5) is 20.6. The Bertz CT molecular complexity index is 1130. The van der Waals surface area contributed by atoms with Crippen molar-refractivity contribution in [3.05, 3.63) is 58.5 Å². The number of aromatic nitrogens is 2. The largest absolute Gasteiger partial charge is 0.490 e. The minimum absolute atomic E-state index is 0.0940. The lowest BCUT2D eigenvalue weighted by atomic mass is 9.82. The fraction of sp³-hybridized carbons (Fsp3) is 0.391. The molecule has 0 bridgehead atoms. The number of ether oxygens (including phenoxy) is 1. The molecule has 3 aromatic rings. The van der Waals surface area contributed by atoms with Crippen molar-refractivity contribution in [1.82, 2.24) is 14.5 Å². The van der Waals surface area contributed by atoms with Gasteiger partial charge in [0.05, 0.1) is 5.52 Å². The number of rotatable bonds is 1. The van der Waals surface area contributed by atoms with Gasteiger partial charge in [-0.1, -0.05) is 0 Å². The van der Waals surface area contributed by atoms with Gasteiger partial charge >= 0.3 is 0 Å². The van der Waals surface area contributed by atoms with E-state index >= 15 is 0 Å². The molecule has 2 aliphatic rings. The summed E-state index contributed by atoms with van der Waals surface area (Å²) in [5.74, 6) is 0.909. The average molecular weight is 375 g/mol. The number of likely N-dealkylation sites (N-methyl/N-ethyl adjacent to an activating group) is 1. The van der Waals surface area contributed by atoms with Crippen LogP contribution in [-0.4, -0.2) is 40.6 Å². The quantitative estimate of drug-likeness (QED) is 0.652. The zero-order valence-corrected chi connectivity index (χ0v) is 16.9. The van der Waals surface area contributed by atoms with Crippen LogP contribution in [0.15, 0.2) is 30.5 Å². The molecule has 0 saturated carbocycles. The minimum atomic E-state index is -0.760. The van der Waals surface area contributed by atoms with E-state index in [0.29, 0.717) is 6.61 Å². The Morgan fingerprint density at radius 2 is 2.04 bits per heavy atom. The smallest absolute Gasteiger partial charge is 0.245 e. The lowest BCUT2D eigenvalue weighted by molar-refractivity contribution is 0.0766. The summed E-state index contributed by atoms with van der Waals surface area (Å²) < 4.78 is 8.28. The van der Waals surface area contributed by atoms with Crippen LogP contribution in [-0.2, 0) is 18.4 Å². The maximum absolute atomic E-state index is 14.0. The lowest BCUT2D eigenvalue weighted by Gasteiger charge is -2.29. The molecule has 2 aliphatic heterocycles. The number of carbonyl (C=O) groups excluding carboxylic acids is 1. The first-order chi connectivity index (χ1) is 13.4. The normalized spacial score (nSPS) is 22.1. The molecular weight excluding hydrogens is 350 g/mol. The van der Waals surface area contributed by atoms with E-state index in [1.54, 1.807) is 6.20 Å². The number of hydrogen-bond donors (Lipinski definition) is 0. The Hall–Kier alpha value is -2.66. The molecule has 144 valence electrons. The molecule has 0 aliphatic carbocycles. The summed E-state index contributed by atoms with van der Waals surface area (Å²) in [5.41, 5.74) is 5.61. The fourth-order valence-electron chi connectivity index (χ4n) is 4.68. The van der Waals surface area contributed by atoms with Crippen LogP contribution in [0.4, 0.5) is 0 Å². The third-order valence-corrected chi connectivity index (χ3v) is 6.27. The first-order valence-electron chi connectivity index (χ1n) is 9.84. The van der Waals surface area contributed by atoms with E-state index < -0.39 is 5.41 Å². The number of aryl methyl sites for hydroxylation is 2. The second-order valence-electron chi connectivity index (χ2n) is 8.52. The topological polar surface area (TPSA) is 47.4 Å². The Labute approximate surface area is 164 Å². The van der Waals surface area contributed by atoms with E-state index in [-0.39, 0.29) is 5.91 Å². The second kappa shape index (κ2) is 5.92. The van der Waals surface area contributed by atoms with Gasteiger partial charge < -0.3 is 9.64 Å². The maximum Gasteiger partial charge on any atom is 0.245 e. The van der Waals surface area contributed by atoms with Crippen LogP contribution >= 0.6 is 0 Å². The van der Waals surface area contributed by atoms with E-state index in [9.17, 15) is 4.79 Å². The van der Waals surface area contributed by atoms with Gasteiger partial charge in [-0.3, -0.25) is 14.3 Å². The van der Waals surface area contributed by atoms with Gasteiger partial charge in [-0.15, -0.1) is 0 Å². The van der Waals surface area contributed by atoms with Crippen LogP contribution in [0, 0.1) is 13.8 Å². The number of carbonyl (C=O) groups is 1. The summed E-state index contributed by atoms with van der Waals surface area (Å²) >= 11 is 0. The molecule has 5 rings (SSSR count). The Kier molecular flexibility index (Phi) is 3.68. The molecule has 1 atom stereocenters. The number of benzene rings is 1. The van der Waals surface area contributed by atoms with E-state index in [0.717, 1.165) is 58.7 Å². The molecule has 5 heteroatoms. The van der Waals surface area contributed by atoms with Gasteiger partial charge in [-0.2, -0.15) is 0 Å². The fourth-order valence-corrected chi connectivity index (χ4v) is 4.68. The first-order valence-corrected chi connectivity index (χ1v) is 9.84. The highest BCUT2D eigenvalue weighted by Crippen LogP contribution is 2.42. The van der Waals surface area contributed by atoms with Crippen molar-refractivity contribution < 1.29 is 9.53 Å². The van der Waals surface area contributed by atoms with E-state index in [4.69, 9.17) is 4.74 Å². The third-order valence-electron chi connectivity index (χ3n) is 6.27. The van der Waals surface area contributed by atoms with Crippen molar-refractivity contribution in [2.24, 2.45) is 0 Å². The third kappa shape index (κ3) is 2.35. The molecule has 0 radical (unpaired) electrons. The van der Waals surface area contributed by atoms with Gasteiger partial charge in [0.1, 0.15) is 17.8 Å². The zero-order valence-electron chi connectivity index (χ0n) is 16.9. The van der Waals surface area contributed by atoms with Crippen molar-refractivity contribution in [1.29, 1.82) is 0 Å². The van der Waals surface area contributed by atoms with E-state index in [2.05, 4.69) is 36.0 Å². The van der Waals surface area contributed by atoms with Crippen LogP contribution < -0.4 is 4.74 Å². The zero-order chi connectivity index (χ0) is 19.6. The summed E-state index contributed by atoms with van der Waals surface area (Å²) in [7, 11) is 2.14. The van der Waals surface area contributed by atoms with Crippen molar-refractivity contribution >= 4 is 16.8 Å². The molecule has 0 spiro atoms. The number of hydrogen-bond acceptors (Lipinski definition) is 4. The number of fused-ring (bicyclic) bond motifs is 3. The molecule has 0 saturated heterocycles. The summed E-state index contributed by atoms with van der Waals surface area (Å²) in [6.45, 7) is 8.18. The van der Waals surface area contributed by atoms with E-state index in [1.807, 2.05) is 30.5 Å². The monoisotopic (exact) mass is 375 g/mol. The second-order valence-corrected chi connectivity index (χ2v) is 8.52. The highest BCUT2D eigenvalue weighted by atomic mass is 16.5. The van der Waals surface area contributed by atoms with Crippen molar-refractivity contribution in [2.75, 3.05) is 20.2 Å². The Morgan fingerprint density at radius 1 is 1.21 bits per heavy atom. The molecule has 0 N–H and O–H groups in total. The van der Waals surface area contributed by atoms with Gasteiger partial charge in [-0.25, -0.2) is 0 Å². The summed E-state index contributed by atoms with van der Waals surface area (Å²) in [6.07, 6.45) is 2.65. The maximum atomic E-state index is 14.0. The number of nitrogens with zero attached hydrogens (tertiary/aromatic N) is 3. The van der Waals surface area contributed by atoms with E-state index in [1.165, 1.54) is 5.56 Å². The predicted octanol–water partition coefficient (Wildman–Crippen LogP) is 3.63. The lowest BCUT2D eigenvalue weighted by Crippen LogP contribution is -2.42. The highest BCUT2D eigenvalue weighted by molar-refractivity contribution is 6.04. The number of pyridine rings is 1. The van der Waals surface area contributed by atoms with Crippen LogP contribution in [0.3, 0.4) is 0 Å². The van der Waals surface area contributed by atoms with Crippen LogP contribution in [0.2, 0.25) is 0 Å². The van der Waals surface area contributed by atoms with Gasteiger partial charge in [0.2, 0.25) is 5.91 Å². The van der Waals surface area contributed by atoms with Crippen LogP contribution in [0.5, 0.6) is 5.75 Å². The molecule has 0 fully saturated rings. The molecule has 4 heterocycles. The molecule has 2 aromatic heterocycles. The van der Waals surface area contributed by atoms with Crippen molar-refractivity contribution in [2.45, 2.75) is 39.2 Å². The molecule has 1 unspecified atom stereocenters. The average Bonchev–Trinajstić information content (AvgIpc) is 2.92. The standard InChI is InChI=1S/C23H25N3O2/c1-14-9-17-18-12-25(4)8-6-19(18)26-21(17)20(10-14)28-13-23(3,22(26)27)16-5-7-24-15(2)11-16/h5,7,9-11H,6,8,12-13H2,1-4H3. The van der Waals surface area contributed by atoms with Gasteiger partial charge in [0.15, 0.2) is 0 Å². The Morgan fingerprint density at radius 3 is 2.82 bits per heavy atom. The highest BCUT2D eigenvalue weighted by Gasteiger charge is 2.43. The molecule has 28 heavy (non-hydrogen) atoms. The first kappa shape index (κ1) is 17.4. The molecule has 5 nitrogen and oxygen atoms in total. The summed E-state index contributed by atoms with van der Waals surface area (Å²) in [5, 5.41) is 1.15. The van der Waals surface area contributed by atoms with Crippen molar-refractivity contribution in [3.63, 3.8) is 0 Å². The SMILES string of the molecule is Cc1cc2c3c(c1)c1c(n3C(=O)C(C)(c3ccnc(C)c3)CO2)CCN(C)C1. The molecule has 1 aromatic carbocycles. The predicted molar refractivity (Wildman–Crippen MR) is 109 cm³/mol. The summed E-state index contributed by atoms with van der Waals surface area (Å²) in [6, 6.07) is 8.20. The molecular formula is C23H25N3O2. The molecule has 0 amide bonds. The van der Waals surface area contributed by atoms with Gasteiger partial charge in [0, 0.05) is 42.5 Å². The van der Waals surface area contributed by atoms with Gasteiger partial charge in [0.25, 0.3) is 0 Å². The minimum Gasteiger partial charge on any atom is -0.490 e. The van der Waals surface area contributed by atoms with Crippen molar-refractivity contribution in [3.8, 4) is 5.75 Å². The van der Waals surface area contributed by atoms with Crippen LogP contribution in [0.1, 0.15) is 39.8 Å². The van der Waals surface area contributed by atoms with Crippen LogP contribution in [0.25, 0.3) is 10.9 Å². The Balaban J connectivity index is 1.80.